The minimum Gasteiger partial charge on any atom is -0.336 e. The molecule has 1 aliphatic heterocycles. The second-order valence-corrected chi connectivity index (χ2v) is 5.75. The maximum atomic E-state index is 12.6. The summed E-state index contributed by atoms with van der Waals surface area (Å²) in [7, 11) is 0. The van der Waals surface area contributed by atoms with E-state index in [4.69, 9.17) is 5.73 Å². The lowest BCUT2D eigenvalue weighted by molar-refractivity contribution is -0.132. The molecule has 0 spiro atoms. The number of likely N-dealkylation sites (tertiary alicyclic amines) is 1. The van der Waals surface area contributed by atoms with Gasteiger partial charge in [-0.2, -0.15) is 0 Å². The molecular formula is C18H21N3O. The lowest BCUT2D eigenvalue weighted by Crippen LogP contribution is -2.33. The molecule has 4 heteroatoms. The number of benzene rings is 1. The molecule has 2 atom stereocenters. The highest BCUT2D eigenvalue weighted by Gasteiger charge is 2.30. The summed E-state index contributed by atoms with van der Waals surface area (Å²) >= 11 is 0. The van der Waals surface area contributed by atoms with Crippen LogP contribution in [0.15, 0.2) is 54.9 Å². The van der Waals surface area contributed by atoms with Crippen LogP contribution < -0.4 is 5.73 Å². The summed E-state index contributed by atoms with van der Waals surface area (Å²) in [6, 6.07) is 13.7. The zero-order chi connectivity index (χ0) is 15.4. The number of nitrogens with zero attached hydrogens (tertiary/aromatic N) is 2. The third-order valence-corrected chi connectivity index (χ3v) is 4.26. The molecule has 0 saturated carbocycles. The zero-order valence-electron chi connectivity index (χ0n) is 12.6. The van der Waals surface area contributed by atoms with Gasteiger partial charge in [-0.1, -0.05) is 36.4 Å². The number of hydrogen-bond acceptors (Lipinski definition) is 3. The van der Waals surface area contributed by atoms with Crippen LogP contribution in [0.2, 0.25) is 0 Å². The van der Waals surface area contributed by atoms with Crippen LogP contribution in [0.25, 0.3) is 0 Å². The molecule has 1 saturated heterocycles. The molecule has 1 aromatic carbocycles. The van der Waals surface area contributed by atoms with Crippen LogP contribution in [0.5, 0.6) is 0 Å². The number of nitrogens with two attached hydrogens (primary N) is 1. The van der Waals surface area contributed by atoms with E-state index in [0.29, 0.717) is 6.42 Å². The van der Waals surface area contributed by atoms with Crippen LogP contribution in [0.3, 0.4) is 0 Å². The molecule has 114 valence electrons. The van der Waals surface area contributed by atoms with Crippen molar-refractivity contribution in [2.45, 2.75) is 31.3 Å². The smallest absolute Gasteiger partial charge is 0.224 e. The highest BCUT2D eigenvalue weighted by Crippen LogP contribution is 2.32. The molecule has 22 heavy (non-hydrogen) atoms. The van der Waals surface area contributed by atoms with Gasteiger partial charge in [-0.05, 0) is 30.0 Å². The fourth-order valence-corrected chi connectivity index (χ4v) is 3.11. The van der Waals surface area contributed by atoms with Crippen molar-refractivity contribution >= 4 is 5.91 Å². The maximum absolute atomic E-state index is 12.6. The second kappa shape index (κ2) is 6.71. The normalized spacial score (nSPS) is 19.1. The van der Waals surface area contributed by atoms with Gasteiger partial charge >= 0.3 is 0 Å². The number of amides is 1. The van der Waals surface area contributed by atoms with E-state index in [2.05, 4.69) is 4.98 Å². The van der Waals surface area contributed by atoms with E-state index in [0.717, 1.165) is 30.5 Å². The molecule has 3 rings (SSSR count). The Morgan fingerprint density at radius 2 is 2.09 bits per heavy atom. The summed E-state index contributed by atoms with van der Waals surface area (Å²) in [5, 5.41) is 0. The topological polar surface area (TPSA) is 59.2 Å². The second-order valence-electron chi connectivity index (χ2n) is 5.75. The summed E-state index contributed by atoms with van der Waals surface area (Å²) in [6.07, 6.45) is 5.99. The summed E-state index contributed by atoms with van der Waals surface area (Å²) in [6.45, 7) is 0.805. The number of carbonyl (C=O) groups is 1. The van der Waals surface area contributed by atoms with Gasteiger partial charge in [-0.3, -0.25) is 9.78 Å². The molecule has 2 aromatic rings. The molecular weight excluding hydrogens is 274 g/mol. The van der Waals surface area contributed by atoms with Gasteiger partial charge in [0.05, 0.1) is 6.04 Å². The number of rotatable bonds is 4. The quantitative estimate of drug-likeness (QED) is 0.943. The van der Waals surface area contributed by atoms with Crippen LogP contribution in [0.4, 0.5) is 0 Å². The van der Waals surface area contributed by atoms with Gasteiger partial charge in [0.2, 0.25) is 5.91 Å². The molecule has 0 radical (unpaired) electrons. The Morgan fingerprint density at radius 1 is 1.27 bits per heavy atom. The first kappa shape index (κ1) is 14.7. The van der Waals surface area contributed by atoms with E-state index in [-0.39, 0.29) is 18.0 Å². The maximum Gasteiger partial charge on any atom is 0.224 e. The van der Waals surface area contributed by atoms with Gasteiger partial charge in [0.25, 0.3) is 0 Å². The molecule has 1 fully saturated rings. The molecule has 0 aliphatic carbocycles. The Morgan fingerprint density at radius 3 is 2.82 bits per heavy atom. The summed E-state index contributed by atoms with van der Waals surface area (Å²) in [4.78, 5) is 18.8. The van der Waals surface area contributed by atoms with E-state index in [9.17, 15) is 4.79 Å². The van der Waals surface area contributed by atoms with Gasteiger partial charge in [0.1, 0.15) is 0 Å². The predicted octanol–water partition coefficient (Wildman–Crippen LogP) is 2.84. The predicted molar refractivity (Wildman–Crippen MR) is 85.9 cm³/mol. The summed E-state index contributed by atoms with van der Waals surface area (Å²) in [5.74, 6) is 0.128. The Balaban J connectivity index is 1.69. The molecule has 4 nitrogen and oxygen atoms in total. The number of carbonyl (C=O) groups excluding carboxylic acids is 1. The van der Waals surface area contributed by atoms with Crippen LogP contribution in [0.1, 0.15) is 42.5 Å². The number of aromatic nitrogens is 1. The van der Waals surface area contributed by atoms with Crippen LogP contribution in [-0.2, 0) is 4.79 Å². The lowest BCUT2D eigenvalue weighted by atomic mass is 10.0. The van der Waals surface area contributed by atoms with E-state index >= 15 is 0 Å². The van der Waals surface area contributed by atoms with Gasteiger partial charge in [0, 0.05) is 31.4 Å². The van der Waals surface area contributed by atoms with Crippen LogP contribution in [0, 0.1) is 0 Å². The molecule has 2 unspecified atom stereocenters. The first-order valence-electron chi connectivity index (χ1n) is 7.75. The van der Waals surface area contributed by atoms with Gasteiger partial charge < -0.3 is 10.6 Å². The molecule has 0 bridgehead atoms. The molecule has 1 aliphatic rings. The summed E-state index contributed by atoms with van der Waals surface area (Å²) < 4.78 is 0. The SMILES string of the molecule is NC(CC(=O)N1CCCC1c1cccnc1)c1ccccc1. The Hall–Kier alpha value is -2.20. The lowest BCUT2D eigenvalue weighted by Gasteiger charge is -2.26. The Bertz CT molecular complexity index is 615. The van der Waals surface area contributed by atoms with Crippen molar-refractivity contribution in [3.8, 4) is 0 Å². The van der Waals surface area contributed by atoms with E-state index < -0.39 is 0 Å². The van der Waals surface area contributed by atoms with Crippen molar-refractivity contribution in [3.63, 3.8) is 0 Å². The summed E-state index contributed by atoms with van der Waals surface area (Å²) in [5.41, 5.74) is 8.31. The van der Waals surface area contributed by atoms with Crippen molar-refractivity contribution in [1.29, 1.82) is 0 Å². The van der Waals surface area contributed by atoms with Crippen LogP contribution >= 0.6 is 0 Å². The highest BCUT2D eigenvalue weighted by atomic mass is 16.2. The van der Waals surface area contributed by atoms with Crippen molar-refractivity contribution in [1.82, 2.24) is 9.88 Å². The molecule has 1 aromatic heterocycles. The third kappa shape index (κ3) is 3.17. The fourth-order valence-electron chi connectivity index (χ4n) is 3.11. The first-order valence-corrected chi connectivity index (χ1v) is 7.75. The highest BCUT2D eigenvalue weighted by molar-refractivity contribution is 5.78. The largest absolute Gasteiger partial charge is 0.336 e. The number of hydrogen-bond donors (Lipinski definition) is 1. The Kier molecular flexibility index (Phi) is 4.49. The third-order valence-electron chi connectivity index (χ3n) is 4.26. The van der Waals surface area contributed by atoms with E-state index in [1.807, 2.05) is 53.6 Å². The minimum atomic E-state index is -0.246. The van der Waals surface area contributed by atoms with Crippen molar-refractivity contribution in [3.05, 3.63) is 66.0 Å². The molecule has 1 amide bonds. The van der Waals surface area contributed by atoms with Gasteiger partial charge in [0.15, 0.2) is 0 Å². The van der Waals surface area contributed by atoms with E-state index in [1.54, 1.807) is 6.20 Å². The van der Waals surface area contributed by atoms with Crippen molar-refractivity contribution < 1.29 is 4.79 Å². The van der Waals surface area contributed by atoms with E-state index in [1.165, 1.54) is 0 Å². The van der Waals surface area contributed by atoms with Crippen molar-refractivity contribution in [2.24, 2.45) is 5.73 Å². The standard InChI is InChI=1S/C18H21N3O/c19-16(14-6-2-1-3-7-14)12-18(22)21-11-5-9-17(21)15-8-4-10-20-13-15/h1-4,6-8,10,13,16-17H,5,9,11-12,19H2. The number of pyridine rings is 1. The average Bonchev–Trinajstić information content (AvgIpc) is 3.06. The minimum absolute atomic E-state index is 0.128. The van der Waals surface area contributed by atoms with Crippen LogP contribution in [-0.4, -0.2) is 22.3 Å². The van der Waals surface area contributed by atoms with Gasteiger partial charge in [-0.15, -0.1) is 0 Å². The first-order chi connectivity index (χ1) is 10.8. The molecule has 2 heterocycles. The van der Waals surface area contributed by atoms with Gasteiger partial charge in [-0.25, -0.2) is 0 Å². The van der Waals surface area contributed by atoms with Crippen molar-refractivity contribution in [2.75, 3.05) is 6.54 Å². The molecule has 2 N–H and O–H groups in total. The Labute approximate surface area is 131 Å². The fraction of sp³-hybridized carbons (Fsp3) is 0.333. The zero-order valence-corrected chi connectivity index (χ0v) is 12.6. The monoisotopic (exact) mass is 295 g/mol. The average molecular weight is 295 g/mol.